The molecule has 2 aliphatic rings. The maximum absolute atomic E-state index is 11.3. The van der Waals surface area contributed by atoms with Gasteiger partial charge in [-0.15, -0.1) is 0 Å². The van der Waals surface area contributed by atoms with E-state index in [4.69, 9.17) is 0 Å². The van der Waals surface area contributed by atoms with E-state index in [9.17, 15) is 9.59 Å². The molecule has 0 aliphatic carbocycles. The summed E-state index contributed by atoms with van der Waals surface area (Å²) in [7, 11) is 0. The zero-order chi connectivity index (χ0) is 9.97. The van der Waals surface area contributed by atoms with E-state index in [0.717, 1.165) is 32.5 Å². The fourth-order valence-electron chi connectivity index (χ4n) is 2.18. The SMILES string of the molecule is O=C1CC(=O)N(CC2CCNCC2)C1. The molecule has 2 saturated heterocycles. The van der Waals surface area contributed by atoms with E-state index in [1.54, 1.807) is 4.90 Å². The molecule has 1 N–H and O–H groups in total. The molecule has 0 saturated carbocycles. The van der Waals surface area contributed by atoms with Crippen LogP contribution in [0.15, 0.2) is 0 Å². The van der Waals surface area contributed by atoms with E-state index < -0.39 is 0 Å². The summed E-state index contributed by atoms with van der Waals surface area (Å²) in [6, 6.07) is 0. The predicted octanol–water partition coefficient (Wildman–Crippen LogP) is -0.213. The number of Topliss-reactive ketones (excluding diaryl/α,β-unsaturated/α-hetero) is 1. The Morgan fingerprint density at radius 1 is 1.29 bits per heavy atom. The van der Waals surface area contributed by atoms with E-state index in [-0.39, 0.29) is 18.1 Å². The number of amides is 1. The number of carbonyl (C=O) groups is 2. The van der Waals surface area contributed by atoms with E-state index >= 15 is 0 Å². The number of carbonyl (C=O) groups excluding carboxylic acids is 2. The van der Waals surface area contributed by atoms with Crippen LogP contribution in [0.3, 0.4) is 0 Å². The number of rotatable bonds is 2. The maximum atomic E-state index is 11.3. The van der Waals surface area contributed by atoms with Gasteiger partial charge in [0, 0.05) is 6.54 Å². The number of nitrogens with one attached hydrogen (secondary N) is 1. The van der Waals surface area contributed by atoms with Crippen LogP contribution in [0.1, 0.15) is 19.3 Å². The van der Waals surface area contributed by atoms with Crippen molar-refractivity contribution in [2.45, 2.75) is 19.3 Å². The van der Waals surface area contributed by atoms with Gasteiger partial charge in [-0.2, -0.15) is 0 Å². The lowest BCUT2D eigenvalue weighted by atomic mass is 9.98. The van der Waals surface area contributed by atoms with Gasteiger partial charge >= 0.3 is 0 Å². The Balaban J connectivity index is 1.84. The van der Waals surface area contributed by atoms with Crippen molar-refractivity contribution in [3.63, 3.8) is 0 Å². The van der Waals surface area contributed by atoms with Gasteiger partial charge in [0.2, 0.25) is 5.91 Å². The van der Waals surface area contributed by atoms with Crippen LogP contribution in [-0.2, 0) is 9.59 Å². The van der Waals surface area contributed by atoms with Crippen molar-refractivity contribution >= 4 is 11.7 Å². The number of hydrogen-bond donors (Lipinski definition) is 1. The van der Waals surface area contributed by atoms with E-state index in [2.05, 4.69) is 5.32 Å². The molecule has 0 bridgehead atoms. The normalized spacial score (nSPS) is 24.7. The molecule has 0 radical (unpaired) electrons. The largest absolute Gasteiger partial charge is 0.335 e. The van der Waals surface area contributed by atoms with Crippen molar-refractivity contribution < 1.29 is 9.59 Å². The number of piperidine rings is 1. The summed E-state index contributed by atoms with van der Waals surface area (Å²) in [6.45, 7) is 3.22. The van der Waals surface area contributed by atoms with Crippen LogP contribution in [-0.4, -0.2) is 42.8 Å². The molecule has 2 rings (SSSR count). The third-order valence-electron chi connectivity index (χ3n) is 3.01. The summed E-state index contributed by atoms with van der Waals surface area (Å²) >= 11 is 0. The molecule has 0 aromatic carbocycles. The molecule has 0 aromatic heterocycles. The maximum Gasteiger partial charge on any atom is 0.230 e. The highest BCUT2D eigenvalue weighted by atomic mass is 16.2. The van der Waals surface area contributed by atoms with Gasteiger partial charge < -0.3 is 10.2 Å². The Morgan fingerprint density at radius 2 is 2.00 bits per heavy atom. The number of hydrogen-bond acceptors (Lipinski definition) is 3. The fraction of sp³-hybridized carbons (Fsp3) is 0.800. The van der Waals surface area contributed by atoms with Crippen molar-refractivity contribution in [2.75, 3.05) is 26.2 Å². The Morgan fingerprint density at radius 3 is 2.57 bits per heavy atom. The van der Waals surface area contributed by atoms with E-state index in [0.29, 0.717) is 12.5 Å². The highest BCUT2D eigenvalue weighted by Crippen LogP contribution is 2.16. The molecular weight excluding hydrogens is 180 g/mol. The Labute approximate surface area is 83.6 Å². The average molecular weight is 196 g/mol. The minimum atomic E-state index is 0.0218. The third kappa shape index (κ3) is 2.12. The first kappa shape index (κ1) is 9.65. The average Bonchev–Trinajstić information content (AvgIpc) is 2.47. The van der Waals surface area contributed by atoms with Crippen molar-refractivity contribution in [3.05, 3.63) is 0 Å². The minimum Gasteiger partial charge on any atom is -0.335 e. The lowest BCUT2D eigenvalue weighted by molar-refractivity contribution is -0.128. The zero-order valence-electron chi connectivity index (χ0n) is 8.29. The van der Waals surface area contributed by atoms with Crippen molar-refractivity contribution in [1.29, 1.82) is 0 Å². The highest BCUT2D eigenvalue weighted by molar-refractivity contribution is 6.05. The standard InChI is InChI=1S/C10H16N2O2/c13-9-5-10(14)12(7-9)6-8-1-3-11-4-2-8/h8,11H,1-7H2. The lowest BCUT2D eigenvalue weighted by Crippen LogP contribution is -2.36. The Kier molecular flexibility index (Phi) is 2.82. The molecule has 78 valence electrons. The lowest BCUT2D eigenvalue weighted by Gasteiger charge is -2.26. The first-order chi connectivity index (χ1) is 6.75. The third-order valence-corrected chi connectivity index (χ3v) is 3.01. The van der Waals surface area contributed by atoms with Crippen molar-refractivity contribution in [1.82, 2.24) is 10.2 Å². The van der Waals surface area contributed by atoms with E-state index in [1.165, 1.54) is 0 Å². The fourth-order valence-corrected chi connectivity index (χ4v) is 2.18. The van der Waals surface area contributed by atoms with Crippen LogP contribution in [0, 0.1) is 5.92 Å². The topological polar surface area (TPSA) is 49.4 Å². The number of likely N-dealkylation sites (tertiary alicyclic amines) is 1. The molecule has 4 nitrogen and oxygen atoms in total. The summed E-state index contributed by atoms with van der Waals surface area (Å²) < 4.78 is 0. The molecule has 0 aromatic rings. The first-order valence-corrected chi connectivity index (χ1v) is 5.26. The molecule has 4 heteroatoms. The minimum absolute atomic E-state index is 0.0218. The molecule has 2 heterocycles. The van der Waals surface area contributed by atoms with Gasteiger partial charge in [-0.25, -0.2) is 0 Å². The van der Waals surface area contributed by atoms with E-state index in [1.807, 2.05) is 0 Å². The Hall–Kier alpha value is -0.900. The molecular formula is C10H16N2O2. The van der Waals surface area contributed by atoms with Gasteiger partial charge in [-0.1, -0.05) is 0 Å². The summed E-state index contributed by atoms with van der Waals surface area (Å²) in [5.41, 5.74) is 0. The van der Waals surface area contributed by atoms with Crippen LogP contribution in [0.4, 0.5) is 0 Å². The van der Waals surface area contributed by atoms with Crippen LogP contribution in [0.5, 0.6) is 0 Å². The highest BCUT2D eigenvalue weighted by Gasteiger charge is 2.29. The second-order valence-corrected chi connectivity index (χ2v) is 4.18. The Bertz CT molecular complexity index is 247. The van der Waals surface area contributed by atoms with Crippen LogP contribution in [0.2, 0.25) is 0 Å². The molecule has 0 atom stereocenters. The smallest absolute Gasteiger partial charge is 0.230 e. The summed E-state index contributed by atoms with van der Waals surface area (Å²) in [4.78, 5) is 24.1. The second kappa shape index (κ2) is 4.09. The quantitative estimate of drug-likeness (QED) is 0.622. The summed E-state index contributed by atoms with van der Waals surface area (Å²) in [5.74, 6) is 0.684. The van der Waals surface area contributed by atoms with Gasteiger partial charge in [-0.05, 0) is 31.8 Å². The van der Waals surface area contributed by atoms with Gasteiger partial charge in [0.15, 0.2) is 5.78 Å². The number of nitrogens with zero attached hydrogens (tertiary/aromatic N) is 1. The van der Waals surface area contributed by atoms with Gasteiger partial charge in [0.1, 0.15) is 0 Å². The van der Waals surface area contributed by atoms with Gasteiger partial charge in [0.05, 0.1) is 13.0 Å². The summed E-state index contributed by atoms with van der Waals surface area (Å²) in [6.07, 6.45) is 2.38. The van der Waals surface area contributed by atoms with Gasteiger partial charge in [0.25, 0.3) is 0 Å². The second-order valence-electron chi connectivity index (χ2n) is 4.18. The summed E-state index contributed by atoms with van der Waals surface area (Å²) in [5, 5.41) is 3.29. The monoisotopic (exact) mass is 196 g/mol. The van der Waals surface area contributed by atoms with Crippen molar-refractivity contribution in [3.8, 4) is 0 Å². The molecule has 1 amide bonds. The zero-order valence-corrected chi connectivity index (χ0v) is 8.29. The molecule has 14 heavy (non-hydrogen) atoms. The molecule has 2 aliphatic heterocycles. The van der Waals surface area contributed by atoms with Crippen LogP contribution in [0.25, 0.3) is 0 Å². The first-order valence-electron chi connectivity index (χ1n) is 5.26. The molecule has 0 unspecified atom stereocenters. The predicted molar refractivity (Wildman–Crippen MR) is 51.8 cm³/mol. The number of ketones is 1. The molecule has 0 spiro atoms. The molecule has 2 fully saturated rings. The van der Waals surface area contributed by atoms with Gasteiger partial charge in [-0.3, -0.25) is 9.59 Å². The van der Waals surface area contributed by atoms with Crippen LogP contribution >= 0.6 is 0 Å². The van der Waals surface area contributed by atoms with Crippen molar-refractivity contribution in [2.24, 2.45) is 5.92 Å². The van der Waals surface area contributed by atoms with Crippen LogP contribution < -0.4 is 5.32 Å².